The molecule has 190 valence electrons. The fraction of sp³-hybridized carbons (Fsp3) is 0.296. The van der Waals surface area contributed by atoms with E-state index in [0.717, 1.165) is 41.4 Å². The number of rotatable bonds is 8. The summed E-state index contributed by atoms with van der Waals surface area (Å²) in [6.45, 7) is 3.40. The minimum atomic E-state index is -3.40. The molecule has 3 aromatic heterocycles. The molecule has 0 radical (unpaired) electrons. The van der Waals surface area contributed by atoms with Gasteiger partial charge in [-0.05, 0) is 74.8 Å². The summed E-state index contributed by atoms with van der Waals surface area (Å²) in [5, 5.41) is 2.84. The molecule has 0 bridgehead atoms. The predicted molar refractivity (Wildman–Crippen MR) is 143 cm³/mol. The Hall–Kier alpha value is -3.76. The maximum Gasteiger partial charge on any atom is 0.235 e. The summed E-state index contributed by atoms with van der Waals surface area (Å²) in [5.41, 5.74) is 4.93. The molecule has 1 aromatic carbocycles. The van der Waals surface area contributed by atoms with Crippen LogP contribution in [0.3, 0.4) is 0 Å². The Bertz CT molecular complexity index is 1470. The van der Waals surface area contributed by atoms with E-state index in [4.69, 9.17) is 4.98 Å². The maximum absolute atomic E-state index is 12.7. The highest BCUT2D eigenvalue weighted by molar-refractivity contribution is 7.93. The first-order valence-corrected chi connectivity index (χ1v) is 13.9. The second-order valence-corrected chi connectivity index (χ2v) is 11.1. The van der Waals surface area contributed by atoms with Gasteiger partial charge in [0.05, 0.1) is 16.6 Å². The predicted octanol–water partition coefficient (Wildman–Crippen LogP) is 3.31. The van der Waals surface area contributed by atoms with Crippen molar-refractivity contribution < 1.29 is 8.42 Å². The van der Waals surface area contributed by atoms with Crippen LogP contribution in [0, 0.1) is 6.92 Å². The quantitative estimate of drug-likeness (QED) is 0.366. The number of nitrogens with one attached hydrogen (secondary N) is 2. The van der Waals surface area contributed by atoms with Gasteiger partial charge in [0.2, 0.25) is 10.0 Å². The van der Waals surface area contributed by atoms with Crippen LogP contribution in [-0.4, -0.2) is 51.7 Å². The third-order valence-electron chi connectivity index (χ3n) is 6.26. The van der Waals surface area contributed by atoms with Crippen molar-refractivity contribution in [2.75, 3.05) is 17.8 Å². The van der Waals surface area contributed by atoms with Crippen LogP contribution in [0.1, 0.15) is 41.3 Å². The molecule has 1 saturated heterocycles. The number of piperidine rings is 1. The first kappa shape index (κ1) is 24.9. The third-order valence-corrected chi connectivity index (χ3v) is 8.13. The van der Waals surface area contributed by atoms with Gasteiger partial charge in [0.1, 0.15) is 11.5 Å². The van der Waals surface area contributed by atoms with Gasteiger partial charge in [0.15, 0.2) is 5.82 Å². The first-order chi connectivity index (χ1) is 17.9. The van der Waals surface area contributed by atoms with Crippen LogP contribution < -0.4 is 10.0 Å². The van der Waals surface area contributed by atoms with Crippen LogP contribution in [0.2, 0.25) is 0 Å². The lowest BCUT2D eigenvalue weighted by molar-refractivity contribution is 0.499. The lowest BCUT2D eigenvalue weighted by Crippen LogP contribution is -2.38. The van der Waals surface area contributed by atoms with Gasteiger partial charge in [-0.1, -0.05) is 18.2 Å². The van der Waals surface area contributed by atoms with Gasteiger partial charge in [-0.3, -0.25) is 4.72 Å². The number of pyridine rings is 1. The largest absolute Gasteiger partial charge is 0.317 e. The Balaban J connectivity index is 1.24. The summed E-state index contributed by atoms with van der Waals surface area (Å²) >= 11 is 0. The third kappa shape index (κ3) is 6.52. The maximum atomic E-state index is 12.7. The van der Waals surface area contributed by atoms with E-state index in [0.29, 0.717) is 43.0 Å². The molecule has 0 aliphatic carbocycles. The van der Waals surface area contributed by atoms with Gasteiger partial charge in [0.25, 0.3) is 0 Å². The number of sulfonamides is 1. The van der Waals surface area contributed by atoms with E-state index < -0.39 is 10.0 Å². The fourth-order valence-electron chi connectivity index (χ4n) is 4.32. The van der Waals surface area contributed by atoms with E-state index in [1.165, 1.54) is 0 Å². The number of hydrogen-bond donors (Lipinski definition) is 2. The van der Waals surface area contributed by atoms with Crippen LogP contribution >= 0.6 is 0 Å². The van der Waals surface area contributed by atoms with Crippen molar-refractivity contribution >= 4 is 15.7 Å². The number of benzene rings is 1. The van der Waals surface area contributed by atoms with Gasteiger partial charge in [-0.15, -0.1) is 0 Å². The summed E-state index contributed by atoms with van der Waals surface area (Å²) in [7, 11) is -3.40. The molecule has 10 heteroatoms. The fourth-order valence-corrected chi connectivity index (χ4v) is 5.81. The standard InChI is InChI=1S/C27H29N7O2S/c1-19-3-2-4-25(31-19)27-30-16-10-23(33-27)18-22-9-15-29-26(32-22)17-20-5-7-21(8-6-20)34-37(35,36)24-11-13-28-14-12-24/h2-10,15-16,24,28,34H,11-14,17-18H2,1H3. The Kier molecular flexibility index (Phi) is 7.47. The lowest BCUT2D eigenvalue weighted by Gasteiger charge is -2.23. The van der Waals surface area contributed by atoms with Crippen LogP contribution in [-0.2, 0) is 22.9 Å². The van der Waals surface area contributed by atoms with Crippen molar-refractivity contribution in [2.24, 2.45) is 0 Å². The molecular formula is C27H29N7O2S. The van der Waals surface area contributed by atoms with Crippen LogP contribution in [0.5, 0.6) is 0 Å². The van der Waals surface area contributed by atoms with E-state index in [-0.39, 0.29) is 5.25 Å². The normalized spacial score (nSPS) is 14.4. The number of hydrogen-bond acceptors (Lipinski definition) is 8. The van der Waals surface area contributed by atoms with Crippen LogP contribution in [0.15, 0.2) is 67.0 Å². The molecular weight excluding hydrogens is 486 g/mol. The summed E-state index contributed by atoms with van der Waals surface area (Å²) in [6.07, 6.45) is 5.83. The highest BCUT2D eigenvalue weighted by Crippen LogP contribution is 2.19. The highest BCUT2D eigenvalue weighted by Gasteiger charge is 2.27. The Morgan fingerprint density at radius 3 is 2.35 bits per heavy atom. The average Bonchev–Trinajstić information content (AvgIpc) is 2.91. The van der Waals surface area contributed by atoms with Crippen molar-refractivity contribution in [1.82, 2.24) is 30.2 Å². The smallest absolute Gasteiger partial charge is 0.235 e. The Morgan fingerprint density at radius 1 is 0.865 bits per heavy atom. The summed E-state index contributed by atoms with van der Waals surface area (Å²) < 4.78 is 28.1. The van der Waals surface area contributed by atoms with Crippen molar-refractivity contribution in [3.8, 4) is 11.5 Å². The van der Waals surface area contributed by atoms with Crippen LogP contribution in [0.4, 0.5) is 5.69 Å². The SMILES string of the molecule is Cc1cccc(-c2nccc(Cc3ccnc(Cc4ccc(NS(=O)(=O)C5CCNCC5)cc4)n3)n2)n1. The molecule has 0 amide bonds. The van der Waals surface area contributed by atoms with Crippen molar-refractivity contribution in [1.29, 1.82) is 0 Å². The summed E-state index contributed by atoms with van der Waals surface area (Å²) in [4.78, 5) is 22.7. The highest BCUT2D eigenvalue weighted by atomic mass is 32.2. The zero-order chi connectivity index (χ0) is 25.7. The minimum Gasteiger partial charge on any atom is -0.317 e. The van der Waals surface area contributed by atoms with Gasteiger partial charge >= 0.3 is 0 Å². The second kappa shape index (κ2) is 11.1. The zero-order valence-electron chi connectivity index (χ0n) is 20.6. The number of anilines is 1. The molecule has 4 aromatic rings. The lowest BCUT2D eigenvalue weighted by atomic mass is 10.1. The van der Waals surface area contributed by atoms with E-state index in [1.54, 1.807) is 24.5 Å². The molecule has 1 aliphatic heterocycles. The molecule has 9 nitrogen and oxygen atoms in total. The molecule has 0 unspecified atom stereocenters. The van der Waals surface area contributed by atoms with Crippen LogP contribution in [0.25, 0.3) is 11.5 Å². The van der Waals surface area contributed by atoms with Gasteiger partial charge in [0, 0.05) is 36.6 Å². The molecule has 0 spiro atoms. The van der Waals surface area contributed by atoms with Gasteiger partial charge in [-0.25, -0.2) is 33.3 Å². The Labute approximate surface area is 216 Å². The molecule has 0 saturated carbocycles. The molecule has 0 atom stereocenters. The molecule has 4 heterocycles. The first-order valence-electron chi connectivity index (χ1n) is 12.3. The zero-order valence-corrected chi connectivity index (χ0v) is 21.4. The van der Waals surface area contributed by atoms with Crippen molar-refractivity contribution in [2.45, 2.75) is 37.9 Å². The molecule has 1 fully saturated rings. The van der Waals surface area contributed by atoms with E-state index >= 15 is 0 Å². The van der Waals surface area contributed by atoms with Gasteiger partial charge < -0.3 is 5.32 Å². The average molecular weight is 516 g/mol. The monoisotopic (exact) mass is 515 g/mol. The van der Waals surface area contributed by atoms with E-state index in [1.807, 2.05) is 49.4 Å². The van der Waals surface area contributed by atoms with Crippen molar-refractivity contribution in [3.05, 3.63) is 95.5 Å². The van der Waals surface area contributed by atoms with Crippen molar-refractivity contribution in [3.63, 3.8) is 0 Å². The number of aromatic nitrogens is 5. The minimum absolute atomic E-state index is 0.358. The Morgan fingerprint density at radius 2 is 1.59 bits per heavy atom. The topological polar surface area (TPSA) is 123 Å². The second-order valence-electron chi connectivity index (χ2n) is 9.15. The number of nitrogens with zero attached hydrogens (tertiary/aromatic N) is 5. The molecule has 2 N–H and O–H groups in total. The number of aryl methyl sites for hydroxylation is 1. The molecule has 5 rings (SSSR count). The molecule has 1 aliphatic rings. The molecule has 37 heavy (non-hydrogen) atoms. The van der Waals surface area contributed by atoms with E-state index in [2.05, 4.69) is 30.0 Å². The summed E-state index contributed by atoms with van der Waals surface area (Å²) in [6, 6.07) is 16.9. The van der Waals surface area contributed by atoms with Gasteiger partial charge in [-0.2, -0.15) is 0 Å². The summed E-state index contributed by atoms with van der Waals surface area (Å²) in [5.74, 6) is 1.28. The van der Waals surface area contributed by atoms with E-state index in [9.17, 15) is 8.42 Å².